The Kier molecular flexibility index (Phi) is 43.1. The zero-order valence-electron chi connectivity index (χ0n) is 80.5. The number of ether oxygens (including phenoxy) is 5. The molecule has 3 unspecified atom stereocenters. The van der Waals surface area contributed by atoms with E-state index in [1.54, 1.807) is 23.2 Å². The number of methoxy groups -OCH3 is 2. The number of fused-ring (bicyclic) bond motifs is 3. The summed E-state index contributed by atoms with van der Waals surface area (Å²) in [6.07, 6.45) is -0.250. The Morgan fingerprint density at radius 2 is 1.26 bits per heavy atom. The number of nitrogens with zero attached hydrogens (tertiary/aromatic N) is 8. The van der Waals surface area contributed by atoms with Gasteiger partial charge in [-0.3, -0.25) is 102 Å². The number of carbonyl (C=O) groups excluding carboxylic acids is 13. The predicted molar refractivity (Wildman–Crippen MR) is 531 cm³/mol. The molecule has 0 radical (unpaired) electrons. The van der Waals surface area contributed by atoms with Gasteiger partial charge >= 0.3 is 35.9 Å². The molecule has 5 aromatic rings. The Morgan fingerprint density at radius 3 is 1.88 bits per heavy atom. The van der Waals surface area contributed by atoms with E-state index in [2.05, 4.69) is 91.1 Å². The van der Waals surface area contributed by atoms with Gasteiger partial charge in [-0.25, -0.2) is 24.4 Å². The number of hydrogen-bond acceptors (Lipinski definition) is 36. The first-order valence-corrected chi connectivity index (χ1v) is 49.1. The summed E-state index contributed by atoms with van der Waals surface area (Å²) in [5.41, 5.74) is 13.7. The van der Waals surface area contributed by atoms with Gasteiger partial charge in [0.1, 0.15) is 50.0 Å². The lowest BCUT2D eigenvalue weighted by molar-refractivity contribution is -0.144. The highest BCUT2D eigenvalue weighted by Crippen LogP contribution is 2.41. The van der Waals surface area contributed by atoms with Gasteiger partial charge in [0.05, 0.1) is 116 Å². The van der Waals surface area contributed by atoms with E-state index in [-0.39, 0.29) is 122 Å². The van der Waals surface area contributed by atoms with Crippen LogP contribution in [0, 0.1) is 5.41 Å². The predicted octanol–water partition coefficient (Wildman–Crippen LogP) is 0.883. The molecule has 2 aromatic heterocycles. The number of aliphatic carboxylic acids is 5. The minimum Gasteiger partial charge on any atom is -0.493 e. The van der Waals surface area contributed by atoms with Gasteiger partial charge in [0, 0.05) is 106 Å². The van der Waals surface area contributed by atoms with Gasteiger partial charge in [0.25, 0.3) is 23.3 Å². The van der Waals surface area contributed by atoms with Crippen molar-refractivity contribution in [2.24, 2.45) is 15.9 Å². The molecule has 22 N–H and O–H groups in total. The lowest BCUT2D eigenvalue weighted by Gasteiger charge is -2.26. The van der Waals surface area contributed by atoms with Crippen molar-refractivity contribution < 1.29 is 140 Å². The van der Waals surface area contributed by atoms with Crippen LogP contribution >= 0.6 is 33.3 Å². The Morgan fingerprint density at radius 1 is 0.660 bits per heavy atom. The molecule has 147 heavy (non-hydrogen) atoms. The Labute approximate surface area is 850 Å². The maximum Gasteiger partial charge on any atom is 0.411 e. The van der Waals surface area contributed by atoms with Crippen molar-refractivity contribution >= 4 is 193 Å². The zero-order chi connectivity index (χ0) is 107. The summed E-state index contributed by atoms with van der Waals surface area (Å²) < 4.78 is 28.7. The largest absolute Gasteiger partial charge is 0.493 e. The van der Waals surface area contributed by atoms with Gasteiger partial charge in [-0.05, 0) is 102 Å². The first-order chi connectivity index (χ1) is 69.9. The van der Waals surface area contributed by atoms with Crippen LogP contribution in [0.4, 0.5) is 27.8 Å². The number of benzene rings is 3. The molecule has 53 nitrogen and oxygen atoms in total. The number of carboxylic acids is 5. The van der Waals surface area contributed by atoms with Crippen LogP contribution in [0.5, 0.6) is 23.0 Å². The number of nitrogen functional groups attached to an aromatic ring is 1. The van der Waals surface area contributed by atoms with E-state index in [1.165, 1.54) is 96.6 Å². The highest BCUT2D eigenvalue weighted by molar-refractivity contribution is 8.77. The van der Waals surface area contributed by atoms with Crippen molar-refractivity contribution in [1.29, 1.82) is 5.41 Å². The molecule has 56 heteroatoms. The number of nitrogens with two attached hydrogens (primary N) is 2. The van der Waals surface area contributed by atoms with E-state index in [9.17, 15) is 117 Å². The fourth-order valence-electron chi connectivity index (χ4n) is 14.9. The van der Waals surface area contributed by atoms with Gasteiger partial charge in [-0.1, -0.05) is 51.0 Å². The van der Waals surface area contributed by atoms with E-state index in [0.29, 0.717) is 96.9 Å². The van der Waals surface area contributed by atoms with Crippen molar-refractivity contribution in [3.63, 3.8) is 0 Å². The Hall–Kier alpha value is -15.9. The molecule has 3 fully saturated rings. The molecule has 0 bridgehead atoms. The number of anilines is 3. The van der Waals surface area contributed by atoms with Crippen LogP contribution in [0.1, 0.15) is 147 Å². The van der Waals surface area contributed by atoms with Crippen molar-refractivity contribution in [3.05, 3.63) is 112 Å². The van der Waals surface area contributed by atoms with E-state index in [0.717, 1.165) is 16.0 Å². The van der Waals surface area contributed by atoms with E-state index < -0.39 is 222 Å². The van der Waals surface area contributed by atoms with Crippen LogP contribution in [0.3, 0.4) is 0 Å². The number of H-pyrrole nitrogens is 1. The smallest absolute Gasteiger partial charge is 0.411 e. The fraction of sp³-hybridized carbons (Fsp3) is 0.462. The number of unbranched alkanes of at least 4 members (excludes halogenated alkanes) is 2. The maximum absolute atomic E-state index is 14.5. The standard InChI is InChI=1S/C91H115N23O30S3/c1-46-28-51-40-99-57-32-65(63(139-5)30-53(57)83(131)113(51)42-46)142-25-9-8-10-26-143-66-33-58(54(31-64(66)140-6)84(132)114-43-47(2)29-52(114)41-101-141-7)109-90(138)144-45-91(3,4)147-146-27-20-69(116)96-23-22-95-68(115)19-24-112-71(118)37-67(85(112)133)145-44-62(87(136)137)108-81(129)61(36-74(123)124)107-80(128)60(35-73(121)122)106-78(126)55(12-11-21-97-88(92)93)104-79(127)59(34-72(119)120)103-70(117)18-17-56(86(134)135)105-77(125)48-13-15-49(16-14-48)98-38-50-39-100-76-75(102-50)82(130)111-89(94)110-76/h13-16,30-33,39-41,51-52,55-56,59-62,67,98H,1-2,8-12,17-29,34-38,42-45H2,3-7H3,(H,95,115)(H,96,116)(H,103,117)(H,104,127)(H,105,125)(H,106,126)(H,107,128)(H,108,129)(H,109,138)(H,119,120)(H,121,122)(H,123,124)(H,134,135)(H,136,137)(H4,92,93,97)(H3,94,100,110,111,130)/b101-41+/t51?,52?,55-,56-,59-,60-,61-,62-,67?/m0/s1. The number of aromatic nitrogens is 4. The molecule has 13 amide bonds. The summed E-state index contributed by atoms with van der Waals surface area (Å²) in [7, 11) is 6.92. The number of hydrogen-bond donors (Lipinski definition) is 20. The maximum atomic E-state index is 14.5. The molecule has 0 saturated carbocycles. The number of nitrogens with one attached hydrogen (secondary N) is 13. The third kappa shape index (κ3) is 35.2. The summed E-state index contributed by atoms with van der Waals surface area (Å²) in [5.74, 6) is -19.8. The number of guanidine groups is 1. The lowest BCUT2D eigenvalue weighted by Crippen LogP contribution is -2.59. The average molecular weight is 2110 g/mol. The van der Waals surface area contributed by atoms with Gasteiger partial charge in [0.15, 0.2) is 40.1 Å². The first kappa shape index (κ1) is 115. The van der Waals surface area contributed by atoms with Crippen molar-refractivity contribution in [2.75, 3.05) is 108 Å². The molecule has 0 spiro atoms. The summed E-state index contributed by atoms with van der Waals surface area (Å²) >= 11 is 0.577. The summed E-state index contributed by atoms with van der Waals surface area (Å²) in [5, 5.41) is 85.9. The number of thioether (sulfide) groups is 1. The second-order valence-corrected chi connectivity index (χ2v) is 38.6. The molecule has 0 aliphatic carbocycles. The number of carboxylic acid groups (broad SMARTS) is 5. The molecule has 3 saturated heterocycles. The molecule has 9 rings (SSSR count). The van der Waals surface area contributed by atoms with Crippen LogP contribution in [0.15, 0.2) is 94.0 Å². The second kappa shape index (κ2) is 55.2. The average Bonchev–Trinajstić information content (AvgIpc) is 1.66. The molecular weight excluding hydrogens is 1990 g/mol. The van der Waals surface area contributed by atoms with Gasteiger partial charge in [-0.2, -0.15) is 4.98 Å². The molecular formula is C91H115N23O30S3. The third-order valence-electron chi connectivity index (χ3n) is 22.3. The monoisotopic (exact) mass is 2110 g/mol. The number of amides is 13. The van der Waals surface area contributed by atoms with Gasteiger partial charge in [-0.15, -0.1) is 11.8 Å². The number of likely N-dealkylation sites (tertiary alicyclic amines) is 2. The number of oxime groups is 1. The number of carbonyl (C=O) groups is 18. The third-order valence-corrected chi connectivity index (χ3v) is 26.9. The van der Waals surface area contributed by atoms with Crippen LogP contribution in [-0.4, -0.2) is 336 Å². The first-order valence-electron chi connectivity index (χ1n) is 45.8. The summed E-state index contributed by atoms with van der Waals surface area (Å²) in [6.45, 7) is 12.1. The van der Waals surface area contributed by atoms with Gasteiger partial charge in [0.2, 0.25) is 59.1 Å². The topological polar surface area (TPSA) is 778 Å². The Balaban J connectivity index is 0.687. The summed E-state index contributed by atoms with van der Waals surface area (Å²) in [6, 6.07) is -1.07. The molecule has 3 aromatic carbocycles. The normalized spacial score (nSPS) is 15.9. The van der Waals surface area contributed by atoms with E-state index in [4.69, 9.17) is 45.4 Å². The van der Waals surface area contributed by atoms with E-state index in [1.807, 2.05) is 24.5 Å². The highest BCUT2D eigenvalue weighted by atomic mass is 33.1. The molecule has 792 valence electrons. The van der Waals surface area contributed by atoms with Crippen LogP contribution in [0.2, 0.25) is 0 Å². The molecule has 4 aliphatic rings. The fourth-order valence-corrected chi connectivity index (χ4v) is 18.5. The van der Waals surface area contributed by atoms with E-state index >= 15 is 0 Å². The van der Waals surface area contributed by atoms with Crippen molar-refractivity contribution in [2.45, 2.75) is 175 Å². The highest BCUT2D eigenvalue weighted by Gasteiger charge is 2.43. The van der Waals surface area contributed by atoms with Crippen LogP contribution in [-0.2, 0) is 83.2 Å². The summed E-state index contributed by atoms with van der Waals surface area (Å²) in [4.78, 5) is 279. The second-order valence-electron chi connectivity index (χ2n) is 34.2. The zero-order valence-corrected chi connectivity index (χ0v) is 82.9. The van der Waals surface area contributed by atoms with Gasteiger partial charge < -0.3 is 128 Å². The van der Waals surface area contributed by atoms with Crippen molar-refractivity contribution in [3.8, 4) is 23.0 Å². The quantitative estimate of drug-likeness (QED) is 0.00489. The number of imide groups is 1. The number of aliphatic imine (C=N–C) groups is 1. The number of aromatic amines is 1. The molecule has 9 atom stereocenters. The molecule has 4 aliphatic heterocycles. The van der Waals surface area contributed by atoms with Crippen LogP contribution in [0.25, 0.3) is 11.2 Å². The number of rotatable bonds is 59. The molecule has 6 heterocycles. The lowest BCUT2D eigenvalue weighted by atomic mass is 10.1. The SMILES string of the molecule is C=C1CC2C=Nc3cc(OCCCCCOc4cc(NC(=O)OCC(C)(C)SSCCC(=O)NCCNC(=O)CCN5C(=O)CC(SC[C@H](NC(=O)[C@H](CC(=O)O)NC(=O)[C@H](CC(=O)O)NC(=O)[C@H](CCCNC(=N)N)NC(=O)[C@H](CC(=O)O)NC(=O)CC[C@H](NC(=O)c6ccc(NCc7cnc8nc(N)[nH]c(=O)c8n7)cc6)C(=O)O)C(=O)O)C5=O)c(C(=O)N5CC(=C)CC5/C=N/OC)cc4OC)c(OC)cc3C(=O)N2C1. The Bertz CT molecular complexity index is 5930. The van der Waals surface area contributed by atoms with Crippen molar-refractivity contribution in [1.82, 2.24) is 82.5 Å². The minimum absolute atomic E-state index is 0.0166. The van der Waals surface area contributed by atoms with Crippen LogP contribution < -0.4 is 94.5 Å². The minimum atomic E-state index is -2.26.